The molecule has 2 aromatic carbocycles. The molecule has 140 valence electrons. The van der Waals surface area contributed by atoms with Gasteiger partial charge in [0.25, 0.3) is 5.91 Å². The number of rotatable bonds is 2. The Morgan fingerprint density at radius 1 is 1.07 bits per heavy atom. The Bertz CT molecular complexity index is 1060. The Labute approximate surface area is 163 Å². The standard InChI is InChI=1S/C23H21N3O2/c27-18-7-5-17(6-8-18)20-15-21(25-24-20)22(28)26-13-11-23(12-14-26)10-9-16-3-1-2-4-19(16)23/h1-10,15,27H,11-14H2,(H,24,25). The van der Waals surface area contributed by atoms with Crippen molar-refractivity contribution < 1.29 is 9.90 Å². The molecule has 1 saturated heterocycles. The van der Waals surface area contributed by atoms with Crippen LogP contribution in [0, 0.1) is 0 Å². The monoisotopic (exact) mass is 371 g/mol. The lowest BCUT2D eigenvalue weighted by atomic mass is 9.74. The van der Waals surface area contributed by atoms with Crippen molar-refractivity contribution in [1.29, 1.82) is 0 Å². The molecule has 5 nitrogen and oxygen atoms in total. The third-order valence-corrected chi connectivity index (χ3v) is 5.99. The molecule has 5 rings (SSSR count). The van der Waals surface area contributed by atoms with Crippen LogP contribution < -0.4 is 0 Å². The van der Waals surface area contributed by atoms with Crippen molar-refractivity contribution in [3.8, 4) is 17.0 Å². The van der Waals surface area contributed by atoms with Crippen LogP contribution in [0.1, 0.15) is 34.5 Å². The van der Waals surface area contributed by atoms with E-state index in [-0.39, 0.29) is 17.1 Å². The molecule has 5 heteroatoms. The van der Waals surface area contributed by atoms with Crippen molar-refractivity contribution in [1.82, 2.24) is 15.1 Å². The fraction of sp³-hybridized carbons (Fsp3) is 0.217. The van der Waals surface area contributed by atoms with Gasteiger partial charge in [-0.3, -0.25) is 9.89 Å². The summed E-state index contributed by atoms with van der Waals surface area (Å²) in [6.07, 6.45) is 6.40. The summed E-state index contributed by atoms with van der Waals surface area (Å²) in [4.78, 5) is 14.9. The van der Waals surface area contributed by atoms with Gasteiger partial charge in [0, 0.05) is 24.1 Å². The van der Waals surface area contributed by atoms with Gasteiger partial charge in [-0.15, -0.1) is 0 Å². The number of hydrogen-bond acceptors (Lipinski definition) is 3. The predicted octanol–water partition coefficient (Wildman–Crippen LogP) is 3.98. The SMILES string of the molecule is O=C(c1cc(-c2ccc(O)cc2)n[nH]1)N1CCC2(C=Cc3ccccc32)CC1. The largest absolute Gasteiger partial charge is 0.508 e. The zero-order chi connectivity index (χ0) is 19.1. The van der Waals surface area contributed by atoms with Crippen LogP contribution in [0.5, 0.6) is 5.75 Å². The maximum absolute atomic E-state index is 12.9. The molecule has 1 amide bonds. The van der Waals surface area contributed by atoms with E-state index in [2.05, 4.69) is 46.6 Å². The molecule has 2 heterocycles. The van der Waals surface area contributed by atoms with Gasteiger partial charge in [0.15, 0.2) is 0 Å². The molecule has 0 atom stereocenters. The summed E-state index contributed by atoms with van der Waals surface area (Å²) in [6.45, 7) is 1.45. The van der Waals surface area contributed by atoms with Gasteiger partial charge in [-0.25, -0.2) is 0 Å². The van der Waals surface area contributed by atoms with Crippen LogP contribution in [-0.4, -0.2) is 39.2 Å². The first-order valence-corrected chi connectivity index (χ1v) is 9.57. The number of amides is 1. The smallest absolute Gasteiger partial charge is 0.271 e. The first-order chi connectivity index (χ1) is 13.6. The van der Waals surface area contributed by atoms with Crippen molar-refractivity contribution in [2.24, 2.45) is 0 Å². The number of aromatic nitrogens is 2. The van der Waals surface area contributed by atoms with Crippen LogP contribution in [0.2, 0.25) is 0 Å². The fourth-order valence-corrected chi connectivity index (χ4v) is 4.36. The van der Waals surface area contributed by atoms with Crippen LogP contribution >= 0.6 is 0 Å². The zero-order valence-corrected chi connectivity index (χ0v) is 15.4. The molecule has 1 spiro atoms. The Hall–Kier alpha value is -3.34. The summed E-state index contributed by atoms with van der Waals surface area (Å²) in [5.41, 5.74) is 4.82. The lowest BCUT2D eigenvalue weighted by molar-refractivity contribution is 0.0684. The molecular weight excluding hydrogens is 350 g/mol. The molecule has 0 radical (unpaired) electrons. The number of aromatic amines is 1. The van der Waals surface area contributed by atoms with Gasteiger partial charge in [0.1, 0.15) is 11.4 Å². The van der Waals surface area contributed by atoms with Crippen molar-refractivity contribution in [2.45, 2.75) is 18.3 Å². The number of allylic oxidation sites excluding steroid dienone is 1. The number of aromatic hydroxyl groups is 1. The van der Waals surface area contributed by atoms with Crippen LogP contribution in [0.15, 0.2) is 60.7 Å². The first-order valence-electron chi connectivity index (χ1n) is 9.57. The molecule has 1 aromatic heterocycles. The normalized spacial score (nSPS) is 17.1. The summed E-state index contributed by atoms with van der Waals surface area (Å²) in [7, 11) is 0. The lowest BCUT2D eigenvalue weighted by Crippen LogP contribution is -2.44. The topological polar surface area (TPSA) is 69.2 Å². The summed E-state index contributed by atoms with van der Waals surface area (Å²) in [5, 5.41) is 16.6. The summed E-state index contributed by atoms with van der Waals surface area (Å²) < 4.78 is 0. The highest BCUT2D eigenvalue weighted by Gasteiger charge is 2.39. The minimum Gasteiger partial charge on any atom is -0.508 e. The molecule has 1 aliphatic carbocycles. The van der Waals surface area contributed by atoms with Gasteiger partial charge in [-0.05, 0) is 54.3 Å². The van der Waals surface area contributed by atoms with E-state index in [4.69, 9.17) is 0 Å². The predicted molar refractivity (Wildman–Crippen MR) is 108 cm³/mol. The maximum Gasteiger partial charge on any atom is 0.271 e. The minimum absolute atomic E-state index is 0.0114. The number of carbonyl (C=O) groups is 1. The quantitative estimate of drug-likeness (QED) is 0.716. The number of hydrogen-bond donors (Lipinski definition) is 2. The second kappa shape index (κ2) is 6.37. The maximum atomic E-state index is 12.9. The van der Waals surface area contributed by atoms with E-state index in [9.17, 15) is 9.90 Å². The van der Waals surface area contributed by atoms with E-state index in [1.807, 2.05) is 4.90 Å². The Morgan fingerprint density at radius 2 is 1.82 bits per heavy atom. The van der Waals surface area contributed by atoms with Gasteiger partial charge in [0.2, 0.25) is 0 Å². The molecule has 28 heavy (non-hydrogen) atoms. The number of phenols is 1. The van der Waals surface area contributed by atoms with Gasteiger partial charge in [-0.2, -0.15) is 5.10 Å². The van der Waals surface area contributed by atoms with E-state index in [0.717, 1.165) is 31.5 Å². The van der Waals surface area contributed by atoms with Crippen LogP contribution in [0.4, 0.5) is 0 Å². The van der Waals surface area contributed by atoms with E-state index in [0.29, 0.717) is 11.4 Å². The summed E-state index contributed by atoms with van der Waals surface area (Å²) in [5.74, 6) is 0.197. The molecular formula is C23H21N3O2. The van der Waals surface area contributed by atoms with Gasteiger partial charge >= 0.3 is 0 Å². The number of nitrogens with zero attached hydrogens (tertiary/aromatic N) is 2. The third kappa shape index (κ3) is 2.71. The summed E-state index contributed by atoms with van der Waals surface area (Å²) >= 11 is 0. The van der Waals surface area contributed by atoms with E-state index < -0.39 is 0 Å². The average Bonchev–Trinajstić information content (AvgIpc) is 3.35. The molecule has 1 aliphatic heterocycles. The van der Waals surface area contributed by atoms with Crippen molar-refractivity contribution in [2.75, 3.05) is 13.1 Å². The second-order valence-corrected chi connectivity index (χ2v) is 7.58. The number of phenolic OH excluding ortho intramolecular Hbond substituents is 1. The van der Waals surface area contributed by atoms with Gasteiger partial charge < -0.3 is 10.0 Å². The lowest BCUT2D eigenvalue weighted by Gasteiger charge is -2.39. The number of likely N-dealkylation sites (tertiary alicyclic amines) is 1. The first kappa shape index (κ1) is 16.8. The van der Waals surface area contributed by atoms with Crippen LogP contribution in [0.25, 0.3) is 17.3 Å². The van der Waals surface area contributed by atoms with Gasteiger partial charge in [-0.1, -0.05) is 36.4 Å². The number of piperidine rings is 1. The molecule has 3 aromatic rings. The number of carbonyl (C=O) groups excluding carboxylic acids is 1. The second-order valence-electron chi connectivity index (χ2n) is 7.58. The minimum atomic E-state index is -0.0114. The number of benzene rings is 2. The molecule has 2 N–H and O–H groups in total. The third-order valence-electron chi connectivity index (χ3n) is 5.99. The molecule has 2 aliphatic rings. The fourth-order valence-electron chi connectivity index (χ4n) is 4.36. The Kier molecular flexibility index (Phi) is 3.83. The molecule has 0 bridgehead atoms. The highest BCUT2D eigenvalue weighted by molar-refractivity contribution is 5.93. The highest BCUT2D eigenvalue weighted by Crippen LogP contribution is 2.43. The Morgan fingerprint density at radius 3 is 2.61 bits per heavy atom. The average molecular weight is 371 g/mol. The van der Waals surface area contributed by atoms with E-state index in [1.54, 1.807) is 30.3 Å². The molecule has 0 saturated carbocycles. The van der Waals surface area contributed by atoms with Crippen LogP contribution in [0.3, 0.4) is 0 Å². The molecule has 0 unspecified atom stereocenters. The number of H-pyrrole nitrogens is 1. The van der Waals surface area contributed by atoms with Crippen molar-refractivity contribution in [3.05, 3.63) is 77.5 Å². The van der Waals surface area contributed by atoms with E-state index >= 15 is 0 Å². The van der Waals surface area contributed by atoms with Crippen molar-refractivity contribution >= 4 is 12.0 Å². The van der Waals surface area contributed by atoms with Crippen molar-refractivity contribution in [3.63, 3.8) is 0 Å². The Balaban J connectivity index is 1.31. The molecule has 1 fully saturated rings. The highest BCUT2D eigenvalue weighted by atomic mass is 16.3. The zero-order valence-electron chi connectivity index (χ0n) is 15.4. The van der Waals surface area contributed by atoms with Gasteiger partial charge in [0.05, 0.1) is 5.69 Å². The number of nitrogens with one attached hydrogen (secondary N) is 1. The van der Waals surface area contributed by atoms with Crippen LogP contribution in [-0.2, 0) is 5.41 Å². The van der Waals surface area contributed by atoms with E-state index in [1.165, 1.54) is 11.1 Å². The number of fused-ring (bicyclic) bond motifs is 2. The summed E-state index contributed by atoms with van der Waals surface area (Å²) in [6, 6.07) is 17.1.